The minimum Gasteiger partial charge on any atom is -0.352 e. The molecule has 1 atom stereocenters. The van der Waals surface area contributed by atoms with E-state index < -0.39 is 0 Å². The SMILES string of the molecule is Cc1ccc(-c2csc(S[C@@H](C(=O)NC3CC3)c3ccccc3)n2)cc1. The predicted octanol–water partition coefficient (Wildman–Crippen LogP) is 5.23. The van der Waals surface area contributed by atoms with E-state index in [9.17, 15) is 4.79 Å². The van der Waals surface area contributed by atoms with E-state index in [4.69, 9.17) is 4.98 Å². The molecule has 1 fully saturated rings. The molecule has 4 rings (SSSR count). The maximum Gasteiger partial charge on any atom is 0.238 e. The van der Waals surface area contributed by atoms with Gasteiger partial charge in [-0.2, -0.15) is 0 Å². The second-order valence-corrected chi connectivity index (χ2v) is 8.77. The topological polar surface area (TPSA) is 42.0 Å². The Morgan fingerprint density at radius 2 is 1.88 bits per heavy atom. The summed E-state index contributed by atoms with van der Waals surface area (Å²) in [5.41, 5.74) is 4.33. The number of carbonyl (C=O) groups is 1. The van der Waals surface area contributed by atoms with Crippen LogP contribution in [0.5, 0.6) is 0 Å². The molecule has 1 aromatic heterocycles. The van der Waals surface area contributed by atoms with E-state index in [0.29, 0.717) is 6.04 Å². The number of rotatable bonds is 6. The van der Waals surface area contributed by atoms with E-state index in [1.165, 1.54) is 17.3 Å². The quantitative estimate of drug-likeness (QED) is 0.595. The lowest BCUT2D eigenvalue weighted by Gasteiger charge is -2.15. The molecule has 0 radical (unpaired) electrons. The summed E-state index contributed by atoms with van der Waals surface area (Å²) in [6.07, 6.45) is 2.18. The summed E-state index contributed by atoms with van der Waals surface area (Å²) < 4.78 is 0.917. The van der Waals surface area contributed by atoms with Gasteiger partial charge in [0.15, 0.2) is 4.34 Å². The minimum absolute atomic E-state index is 0.0794. The third-order valence-corrected chi connectivity index (χ3v) is 6.54. The van der Waals surface area contributed by atoms with Crippen LogP contribution < -0.4 is 5.32 Å². The van der Waals surface area contributed by atoms with Crippen molar-refractivity contribution in [2.75, 3.05) is 0 Å². The highest BCUT2D eigenvalue weighted by Gasteiger charge is 2.29. The average molecular weight is 381 g/mol. The van der Waals surface area contributed by atoms with Crippen molar-refractivity contribution in [3.8, 4) is 11.3 Å². The van der Waals surface area contributed by atoms with Crippen LogP contribution in [0.3, 0.4) is 0 Å². The second-order valence-electron chi connectivity index (χ2n) is 6.56. The number of aromatic nitrogens is 1. The smallest absolute Gasteiger partial charge is 0.238 e. The van der Waals surface area contributed by atoms with Crippen molar-refractivity contribution < 1.29 is 4.79 Å². The van der Waals surface area contributed by atoms with Crippen LogP contribution in [0, 0.1) is 6.92 Å². The van der Waals surface area contributed by atoms with Crippen LogP contribution in [0.1, 0.15) is 29.2 Å². The van der Waals surface area contributed by atoms with Crippen LogP contribution in [0.25, 0.3) is 11.3 Å². The lowest BCUT2D eigenvalue weighted by atomic mass is 10.1. The Hall–Kier alpha value is -2.11. The van der Waals surface area contributed by atoms with E-state index in [1.807, 2.05) is 30.3 Å². The number of benzene rings is 2. The summed E-state index contributed by atoms with van der Waals surface area (Å²) in [5, 5.41) is 4.93. The molecule has 1 amide bonds. The number of thioether (sulfide) groups is 1. The molecule has 26 heavy (non-hydrogen) atoms. The Bertz CT molecular complexity index is 886. The molecular weight excluding hydrogens is 360 g/mol. The maximum atomic E-state index is 12.8. The van der Waals surface area contributed by atoms with Crippen LogP contribution in [0.4, 0.5) is 0 Å². The first-order valence-electron chi connectivity index (χ1n) is 8.73. The monoisotopic (exact) mass is 380 g/mol. The number of hydrogen-bond donors (Lipinski definition) is 1. The van der Waals surface area contributed by atoms with Crippen LogP contribution in [0.2, 0.25) is 0 Å². The van der Waals surface area contributed by atoms with Gasteiger partial charge in [-0.15, -0.1) is 11.3 Å². The number of hydrogen-bond acceptors (Lipinski definition) is 4. The van der Waals surface area contributed by atoms with Gasteiger partial charge in [-0.3, -0.25) is 4.79 Å². The van der Waals surface area contributed by atoms with Gasteiger partial charge in [-0.05, 0) is 25.3 Å². The van der Waals surface area contributed by atoms with Crippen molar-refractivity contribution in [3.63, 3.8) is 0 Å². The molecular formula is C21H20N2OS2. The third kappa shape index (κ3) is 4.17. The zero-order chi connectivity index (χ0) is 17.9. The standard InChI is InChI=1S/C21H20N2OS2/c1-14-7-9-15(10-8-14)18-13-25-21(23-18)26-19(16-5-3-2-4-6-16)20(24)22-17-11-12-17/h2-10,13,17,19H,11-12H2,1H3,(H,22,24)/t19-/m1/s1. The normalized spacial score (nSPS) is 14.8. The fourth-order valence-corrected chi connectivity index (χ4v) is 4.70. The molecule has 1 heterocycles. The highest BCUT2D eigenvalue weighted by atomic mass is 32.2. The van der Waals surface area contributed by atoms with Gasteiger partial charge in [-0.25, -0.2) is 4.98 Å². The van der Waals surface area contributed by atoms with E-state index in [2.05, 4.69) is 41.9 Å². The van der Waals surface area contributed by atoms with Gasteiger partial charge in [0.2, 0.25) is 5.91 Å². The Morgan fingerprint density at radius 3 is 2.58 bits per heavy atom. The first-order valence-corrected chi connectivity index (χ1v) is 10.5. The van der Waals surface area contributed by atoms with Crippen molar-refractivity contribution in [3.05, 3.63) is 71.1 Å². The molecule has 0 unspecified atom stereocenters. The molecule has 0 bridgehead atoms. The Balaban J connectivity index is 1.55. The zero-order valence-electron chi connectivity index (χ0n) is 14.5. The summed E-state index contributed by atoms with van der Waals surface area (Å²) in [5.74, 6) is 0.0794. The predicted molar refractivity (Wildman–Crippen MR) is 108 cm³/mol. The molecule has 1 aliphatic carbocycles. The fraction of sp³-hybridized carbons (Fsp3) is 0.238. The van der Waals surface area contributed by atoms with Crippen molar-refractivity contribution in [2.45, 2.75) is 35.4 Å². The molecule has 0 saturated heterocycles. The molecule has 3 nitrogen and oxygen atoms in total. The second kappa shape index (κ2) is 7.64. The summed E-state index contributed by atoms with van der Waals surface area (Å²) in [6.45, 7) is 2.08. The molecule has 0 spiro atoms. The first-order chi connectivity index (χ1) is 12.7. The molecule has 2 aromatic carbocycles. The fourth-order valence-electron chi connectivity index (χ4n) is 2.67. The van der Waals surface area contributed by atoms with E-state index in [1.54, 1.807) is 11.3 Å². The molecule has 1 saturated carbocycles. The molecule has 0 aliphatic heterocycles. The van der Waals surface area contributed by atoms with E-state index >= 15 is 0 Å². The van der Waals surface area contributed by atoms with Crippen molar-refractivity contribution >= 4 is 29.0 Å². The highest BCUT2D eigenvalue weighted by Crippen LogP contribution is 2.39. The maximum absolute atomic E-state index is 12.8. The minimum atomic E-state index is -0.270. The molecule has 1 aliphatic rings. The highest BCUT2D eigenvalue weighted by molar-refractivity contribution is 8.01. The summed E-state index contributed by atoms with van der Waals surface area (Å²) in [6, 6.07) is 18.7. The van der Waals surface area contributed by atoms with E-state index in [-0.39, 0.29) is 11.2 Å². The molecule has 132 valence electrons. The molecule has 1 N–H and O–H groups in total. The number of amides is 1. The van der Waals surface area contributed by atoms with E-state index in [0.717, 1.165) is 34.0 Å². The summed E-state index contributed by atoms with van der Waals surface area (Å²) >= 11 is 3.13. The Labute approximate surface area is 161 Å². The van der Waals surface area contributed by atoms with Crippen LogP contribution in [-0.4, -0.2) is 16.9 Å². The van der Waals surface area contributed by atoms with Gasteiger partial charge in [-0.1, -0.05) is 71.9 Å². The van der Waals surface area contributed by atoms with Crippen molar-refractivity contribution in [1.82, 2.24) is 10.3 Å². The number of thiazole rings is 1. The average Bonchev–Trinajstić information content (AvgIpc) is 3.35. The van der Waals surface area contributed by atoms with Gasteiger partial charge in [0, 0.05) is 17.0 Å². The van der Waals surface area contributed by atoms with Crippen LogP contribution >= 0.6 is 23.1 Å². The first kappa shape index (κ1) is 17.3. The van der Waals surface area contributed by atoms with Gasteiger partial charge in [0.1, 0.15) is 5.25 Å². The van der Waals surface area contributed by atoms with Gasteiger partial charge < -0.3 is 5.32 Å². The Morgan fingerprint density at radius 1 is 1.15 bits per heavy atom. The number of aryl methyl sites for hydroxylation is 1. The van der Waals surface area contributed by atoms with Crippen LogP contribution in [0.15, 0.2) is 64.3 Å². The number of carbonyl (C=O) groups excluding carboxylic acids is 1. The van der Waals surface area contributed by atoms with Gasteiger partial charge in [0.05, 0.1) is 5.69 Å². The van der Waals surface area contributed by atoms with Gasteiger partial charge in [0.25, 0.3) is 0 Å². The lowest BCUT2D eigenvalue weighted by molar-refractivity contribution is -0.120. The zero-order valence-corrected chi connectivity index (χ0v) is 16.1. The number of nitrogens with zero attached hydrogens (tertiary/aromatic N) is 1. The molecule has 5 heteroatoms. The number of nitrogens with one attached hydrogen (secondary N) is 1. The lowest BCUT2D eigenvalue weighted by Crippen LogP contribution is -2.29. The largest absolute Gasteiger partial charge is 0.352 e. The molecule has 3 aromatic rings. The summed E-state index contributed by atoms with van der Waals surface area (Å²) in [4.78, 5) is 17.5. The van der Waals surface area contributed by atoms with Crippen molar-refractivity contribution in [1.29, 1.82) is 0 Å². The van der Waals surface area contributed by atoms with Gasteiger partial charge >= 0.3 is 0 Å². The third-order valence-electron chi connectivity index (χ3n) is 4.31. The Kier molecular flexibility index (Phi) is 5.09. The van der Waals surface area contributed by atoms with Crippen molar-refractivity contribution in [2.24, 2.45) is 0 Å². The summed E-state index contributed by atoms with van der Waals surface area (Å²) in [7, 11) is 0. The van der Waals surface area contributed by atoms with Crippen LogP contribution in [-0.2, 0) is 4.79 Å².